The number of nitrogens with zero attached hydrogens (tertiary/aromatic N) is 2. The third kappa shape index (κ3) is 2.39. The van der Waals surface area contributed by atoms with Crippen molar-refractivity contribution < 1.29 is 9.53 Å². The lowest BCUT2D eigenvalue weighted by Crippen LogP contribution is -1.94. The molecule has 0 aromatic carbocycles. The largest absolute Gasteiger partial charge is 0.497 e. The predicted molar refractivity (Wildman–Crippen MR) is 47.3 cm³/mol. The molecule has 1 aromatic rings. The third-order valence-electron chi connectivity index (χ3n) is 1.66. The van der Waals surface area contributed by atoms with Gasteiger partial charge in [-0.2, -0.15) is 4.99 Å². The summed E-state index contributed by atoms with van der Waals surface area (Å²) < 4.78 is 5.00. The van der Waals surface area contributed by atoms with E-state index in [1.807, 2.05) is 0 Å². The fourth-order valence-corrected chi connectivity index (χ4v) is 0.929. The van der Waals surface area contributed by atoms with E-state index in [0.717, 1.165) is 0 Å². The minimum atomic E-state index is -0.271. The molecule has 0 fully saturated rings. The van der Waals surface area contributed by atoms with Gasteiger partial charge < -0.3 is 4.74 Å². The maximum Gasteiger partial charge on any atom is 0.235 e. The normalized spacial score (nSPS) is 11.5. The van der Waals surface area contributed by atoms with Gasteiger partial charge in [0.15, 0.2) is 0 Å². The lowest BCUT2D eigenvalue weighted by atomic mass is 10.2. The minimum absolute atomic E-state index is 0.271. The quantitative estimate of drug-likeness (QED) is 0.520. The van der Waals surface area contributed by atoms with E-state index in [0.29, 0.717) is 11.4 Å². The highest BCUT2D eigenvalue weighted by atomic mass is 16.5. The first-order valence-corrected chi connectivity index (χ1v) is 3.85. The summed E-state index contributed by atoms with van der Waals surface area (Å²) in [6, 6.07) is 3.21. The molecular formula is C9H10N2O2. The molecule has 0 bridgehead atoms. The standard InChI is InChI=1S/C9H10N2O2/c1-7(11-6-12)9-5-8(13-2)3-4-10-9/h3-5,7H,1-2H3. The second-order valence-corrected chi connectivity index (χ2v) is 2.52. The fourth-order valence-electron chi connectivity index (χ4n) is 0.929. The van der Waals surface area contributed by atoms with Crippen molar-refractivity contribution in [2.24, 2.45) is 4.99 Å². The number of isocyanates is 1. The van der Waals surface area contributed by atoms with E-state index in [-0.39, 0.29) is 6.04 Å². The van der Waals surface area contributed by atoms with Crippen LogP contribution in [-0.2, 0) is 4.79 Å². The molecule has 0 saturated carbocycles. The average molecular weight is 178 g/mol. The number of hydrogen-bond donors (Lipinski definition) is 0. The van der Waals surface area contributed by atoms with Crippen molar-refractivity contribution >= 4 is 6.08 Å². The highest BCUT2D eigenvalue weighted by molar-refractivity contribution is 5.35. The second-order valence-electron chi connectivity index (χ2n) is 2.52. The zero-order chi connectivity index (χ0) is 9.68. The van der Waals surface area contributed by atoms with Crippen LogP contribution in [0.25, 0.3) is 0 Å². The van der Waals surface area contributed by atoms with Gasteiger partial charge in [0.25, 0.3) is 0 Å². The van der Waals surface area contributed by atoms with Gasteiger partial charge in [0.2, 0.25) is 6.08 Å². The molecule has 1 aromatic heterocycles. The van der Waals surface area contributed by atoms with Gasteiger partial charge in [0.1, 0.15) is 11.8 Å². The smallest absolute Gasteiger partial charge is 0.235 e. The molecular weight excluding hydrogens is 168 g/mol. The van der Waals surface area contributed by atoms with Crippen LogP contribution in [0.2, 0.25) is 0 Å². The molecule has 4 nitrogen and oxygen atoms in total. The van der Waals surface area contributed by atoms with Crippen molar-refractivity contribution in [2.45, 2.75) is 13.0 Å². The number of ether oxygens (including phenoxy) is 1. The van der Waals surface area contributed by atoms with Crippen molar-refractivity contribution in [1.29, 1.82) is 0 Å². The molecule has 13 heavy (non-hydrogen) atoms. The second kappa shape index (κ2) is 4.38. The van der Waals surface area contributed by atoms with Gasteiger partial charge in [-0.15, -0.1) is 0 Å². The van der Waals surface area contributed by atoms with E-state index < -0.39 is 0 Å². The molecule has 0 spiro atoms. The average Bonchev–Trinajstić information content (AvgIpc) is 2.18. The van der Waals surface area contributed by atoms with Crippen LogP contribution in [0.5, 0.6) is 5.75 Å². The van der Waals surface area contributed by atoms with E-state index in [4.69, 9.17) is 4.74 Å². The van der Waals surface area contributed by atoms with Gasteiger partial charge in [-0.05, 0) is 13.0 Å². The number of hydrogen-bond acceptors (Lipinski definition) is 4. The maximum absolute atomic E-state index is 9.99. The topological polar surface area (TPSA) is 51.6 Å². The Morgan fingerprint density at radius 1 is 1.69 bits per heavy atom. The Balaban J connectivity index is 2.94. The van der Waals surface area contributed by atoms with Gasteiger partial charge in [-0.1, -0.05) is 0 Å². The van der Waals surface area contributed by atoms with Crippen molar-refractivity contribution in [2.75, 3.05) is 7.11 Å². The molecule has 1 unspecified atom stereocenters. The van der Waals surface area contributed by atoms with Gasteiger partial charge in [0.05, 0.1) is 12.8 Å². The lowest BCUT2D eigenvalue weighted by molar-refractivity contribution is 0.413. The number of aliphatic imine (C=N–C) groups is 1. The number of pyridine rings is 1. The molecule has 0 N–H and O–H groups in total. The van der Waals surface area contributed by atoms with Crippen LogP contribution in [0.3, 0.4) is 0 Å². The Labute approximate surface area is 76.3 Å². The summed E-state index contributed by atoms with van der Waals surface area (Å²) in [7, 11) is 1.58. The lowest BCUT2D eigenvalue weighted by Gasteiger charge is -2.04. The summed E-state index contributed by atoms with van der Waals surface area (Å²) >= 11 is 0. The van der Waals surface area contributed by atoms with Crippen molar-refractivity contribution in [3.8, 4) is 5.75 Å². The molecule has 0 aliphatic rings. The fraction of sp³-hybridized carbons (Fsp3) is 0.333. The van der Waals surface area contributed by atoms with E-state index in [9.17, 15) is 4.79 Å². The summed E-state index contributed by atoms with van der Waals surface area (Å²) in [5.74, 6) is 0.706. The van der Waals surface area contributed by atoms with Gasteiger partial charge >= 0.3 is 0 Å². The molecule has 68 valence electrons. The van der Waals surface area contributed by atoms with Crippen molar-refractivity contribution in [3.05, 3.63) is 24.0 Å². The van der Waals surface area contributed by atoms with Crippen LogP contribution in [0.1, 0.15) is 18.7 Å². The zero-order valence-electron chi connectivity index (χ0n) is 7.52. The van der Waals surface area contributed by atoms with Crippen LogP contribution < -0.4 is 4.74 Å². The summed E-state index contributed by atoms with van der Waals surface area (Å²) in [4.78, 5) is 17.6. The first-order valence-electron chi connectivity index (χ1n) is 3.85. The summed E-state index contributed by atoms with van der Waals surface area (Å²) in [5.41, 5.74) is 0.697. The minimum Gasteiger partial charge on any atom is -0.497 e. The zero-order valence-corrected chi connectivity index (χ0v) is 7.52. The van der Waals surface area contributed by atoms with Crippen molar-refractivity contribution in [3.63, 3.8) is 0 Å². The Morgan fingerprint density at radius 2 is 2.46 bits per heavy atom. The highest BCUT2D eigenvalue weighted by Gasteiger charge is 2.05. The molecule has 0 amide bonds. The van der Waals surface area contributed by atoms with Crippen molar-refractivity contribution in [1.82, 2.24) is 4.98 Å². The van der Waals surface area contributed by atoms with Gasteiger partial charge in [0, 0.05) is 12.3 Å². The van der Waals surface area contributed by atoms with E-state index in [1.165, 1.54) is 6.08 Å². The molecule has 4 heteroatoms. The van der Waals surface area contributed by atoms with Crippen LogP contribution in [-0.4, -0.2) is 18.2 Å². The predicted octanol–water partition coefficient (Wildman–Crippen LogP) is 1.49. The number of rotatable bonds is 3. The van der Waals surface area contributed by atoms with Gasteiger partial charge in [-0.3, -0.25) is 4.98 Å². The summed E-state index contributed by atoms with van der Waals surface area (Å²) in [6.45, 7) is 1.77. The third-order valence-corrected chi connectivity index (χ3v) is 1.66. The number of carbonyl (C=O) groups excluding carboxylic acids is 1. The number of aromatic nitrogens is 1. The Kier molecular flexibility index (Phi) is 3.17. The van der Waals surface area contributed by atoms with Crippen LogP contribution in [0, 0.1) is 0 Å². The highest BCUT2D eigenvalue weighted by Crippen LogP contribution is 2.18. The summed E-state index contributed by atoms with van der Waals surface area (Å²) in [5, 5.41) is 0. The molecule has 1 heterocycles. The van der Waals surface area contributed by atoms with Crippen LogP contribution >= 0.6 is 0 Å². The molecule has 1 atom stereocenters. The Hall–Kier alpha value is -1.67. The number of methoxy groups -OCH3 is 1. The van der Waals surface area contributed by atoms with E-state index in [2.05, 4.69) is 9.98 Å². The monoisotopic (exact) mass is 178 g/mol. The first kappa shape index (κ1) is 9.42. The van der Waals surface area contributed by atoms with Gasteiger partial charge in [-0.25, -0.2) is 4.79 Å². The van der Waals surface area contributed by atoms with Crippen LogP contribution in [0.15, 0.2) is 23.3 Å². The molecule has 0 saturated heterocycles. The van der Waals surface area contributed by atoms with Crippen LogP contribution in [0.4, 0.5) is 0 Å². The van der Waals surface area contributed by atoms with E-state index >= 15 is 0 Å². The first-order chi connectivity index (χ1) is 6.27. The maximum atomic E-state index is 9.99. The Bertz CT molecular complexity index is 332. The summed E-state index contributed by atoms with van der Waals surface area (Å²) in [6.07, 6.45) is 3.11. The Morgan fingerprint density at radius 3 is 3.08 bits per heavy atom. The molecule has 0 radical (unpaired) electrons. The molecule has 1 rings (SSSR count). The SMILES string of the molecule is COc1ccnc(C(C)N=C=O)c1. The molecule has 0 aliphatic heterocycles. The molecule has 0 aliphatic carbocycles. The van der Waals surface area contributed by atoms with E-state index in [1.54, 1.807) is 32.4 Å².